The van der Waals surface area contributed by atoms with Gasteiger partial charge < -0.3 is 9.47 Å². The highest BCUT2D eigenvalue weighted by atomic mass is 35.5. The van der Waals surface area contributed by atoms with Crippen molar-refractivity contribution in [3.63, 3.8) is 0 Å². The quantitative estimate of drug-likeness (QED) is 0.411. The first-order valence-electron chi connectivity index (χ1n) is 10.9. The molecule has 0 unspecified atom stereocenters. The van der Waals surface area contributed by atoms with Crippen molar-refractivity contribution in [1.82, 2.24) is 29.6 Å². The molecule has 0 spiro atoms. The van der Waals surface area contributed by atoms with E-state index in [-0.39, 0.29) is 18.2 Å². The smallest absolute Gasteiger partial charge is 0.354 e. The van der Waals surface area contributed by atoms with Crippen LogP contribution in [0.1, 0.15) is 51.5 Å². The summed E-state index contributed by atoms with van der Waals surface area (Å²) in [6, 6.07) is 1.08. The van der Waals surface area contributed by atoms with Gasteiger partial charge in [0.05, 0.1) is 0 Å². The second-order valence-corrected chi connectivity index (χ2v) is 10.1. The van der Waals surface area contributed by atoms with Crippen LogP contribution in [0.25, 0.3) is 0 Å². The Bertz CT molecular complexity index is 874. The molecule has 3 rings (SSSR count). The van der Waals surface area contributed by atoms with Crippen LogP contribution in [0.15, 0.2) is 11.2 Å². The number of aromatic nitrogens is 5. The molecule has 2 aromatic heterocycles. The lowest BCUT2D eigenvalue weighted by atomic mass is 9.95. The number of nitrogens with zero attached hydrogens (tertiary/aromatic N) is 7. The topological polar surface area (TPSA) is 63.0 Å². The van der Waals surface area contributed by atoms with Gasteiger partial charge in [-0.25, -0.2) is 9.97 Å². The highest BCUT2D eigenvalue weighted by Gasteiger charge is 2.35. The van der Waals surface area contributed by atoms with Crippen LogP contribution in [0.4, 0.5) is 19.0 Å². The van der Waals surface area contributed by atoms with Gasteiger partial charge in [0, 0.05) is 56.9 Å². The highest BCUT2D eigenvalue weighted by molar-refractivity contribution is 7.99. The maximum atomic E-state index is 13.4. The lowest BCUT2D eigenvalue weighted by Crippen LogP contribution is -2.47. The van der Waals surface area contributed by atoms with Crippen LogP contribution in [0.2, 0.25) is 0 Å². The largest absolute Gasteiger partial charge is 0.433 e. The molecule has 1 fully saturated rings. The van der Waals surface area contributed by atoms with Crippen LogP contribution in [-0.4, -0.2) is 68.1 Å². The van der Waals surface area contributed by atoms with Crippen molar-refractivity contribution in [2.45, 2.75) is 57.3 Å². The molecule has 0 atom stereocenters. The monoisotopic (exact) mass is 507 g/mol. The molecule has 0 N–H and O–H groups in total. The minimum atomic E-state index is -4.49. The lowest BCUT2D eigenvalue weighted by Gasteiger charge is -2.36. The number of anilines is 1. The van der Waals surface area contributed by atoms with E-state index in [1.165, 1.54) is 0 Å². The molecule has 0 aliphatic carbocycles. The van der Waals surface area contributed by atoms with Crippen LogP contribution in [0, 0.1) is 0 Å². The van der Waals surface area contributed by atoms with Crippen molar-refractivity contribution in [1.29, 1.82) is 0 Å². The zero-order chi connectivity index (χ0) is 23.5. The summed E-state index contributed by atoms with van der Waals surface area (Å²) >= 11 is 1.71. The van der Waals surface area contributed by atoms with Gasteiger partial charge in [-0.3, -0.25) is 4.90 Å². The van der Waals surface area contributed by atoms with E-state index in [2.05, 4.69) is 32.0 Å². The van der Waals surface area contributed by atoms with E-state index in [1.807, 2.05) is 37.3 Å². The summed E-state index contributed by atoms with van der Waals surface area (Å²) in [5, 5.41) is 9.34. The van der Waals surface area contributed by atoms with Crippen LogP contribution in [0.5, 0.6) is 0 Å². The number of hydrogen-bond acceptors (Lipinski definition) is 7. The van der Waals surface area contributed by atoms with E-state index < -0.39 is 17.3 Å². The molecule has 33 heavy (non-hydrogen) atoms. The van der Waals surface area contributed by atoms with E-state index in [1.54, 1.807) is 11.8 Å². The predicted octanol–water partition coefficient (Wildman–Crippen LogP) is 4.21. The fourth-order valence-electron chi connectivity index (χ4n) is 3.51. The molecule has 1 aliphatic rings. The van der Waals surface area contributed by atoms with Crippen molar-refractivity contribution >= 4 is 30.0 Å². The summed E-state index contributed by atoms with van der Waals surface area (Å²) in [7, 11) is 1.99. The Hall–Kier alpha value is -1.59. The van der Waals surface area contributed by atoms with Crippen LogP contribution in [0.3, 0.4) is 0 Å². The van der Waals surface area contributed by atoms with Crippen LogP contribution >= 0.6 is 24.2 Å². The molecule has 1 saturated heterocycles. The maximum Gasteiger partial charge on any atom is 0.433 e. The first kappa shape index (κ1) is 27.7. The summed E-state index contributed by atoms with van der Waals surface area (Å²) in [5.41, 5.74) is -1.43. The minimum absolute atomic E-state index is 0. The summed E-state index contributed by atoms with van der Waals surface area (Å²) in [6.07, 6.45) is -2.61. The number of rotatable bonds is 7. The number of piperazine rings is 1. The molecule has 0 amide bonds. The van der Waals surface area contributed by atoms with E-state index >= 15 is 0 Å². The zero-order valence-corrected chi connectivity index (χ0v) is 21.4. The molecule has 12 heteroatoms. The van der Waals surface area contributed by atoms with Gasteiger partial charge in [-0.05, 0) is 13.0 Å². The van der Waals surface area contributed by atoms with Crippen LogP contribution in [-0.2, 0) is 25.1 Å². The third-order valence-corrected chi connectivity index (χ3v) is 6.57. The van der Waals surface area contributed by atoms with Crippen LogP contribution < -0.4 is 4.90 Å². The number of halogens is 4. The summed E-state index contributed by atoms with van der Waals surface area (Å²) in [5.74, 6) is 2.51. The molecule has 7 nitrogen and oxygen atoms in total. The molecule has 0 aromatic carbocycles. The fraction of sp³-hybridized carbons (Fsp3) is 0.714. The summed E-state index contributed by atoms with van der Waals surface area (Å²) in [6.45, 7) is 11.4. The molecular formula is C21H33ClF3N7S. The third-order valence-electron chi connectivity index (χ3n) is 5.46. The molecule has 0 saturated carbocycles. The normalized spacial score (nSPS) is 15.6. The first-order valence-corrected chi connectivity index (χ1v) is 11.9. The van der Waals surface area contributed by atoms with E-state index in [4.69, 9.17) is 0 Å². The average Bonchev–Trinajstić information content (AvgIpc) is 3.09. The van der Waals surface area contributed by atoms with E-state index in [0.717, 1.165) is 55.3 Å². The zero-order valence-electron chi connectivity index (χ0n) is 19.8. The van der Waals surface area contributed by atoms with Gasteiger partial charge in [0.15, 0.2) is 5.16 Å². The van der Waals surface area contributed by atoms with Crippen molar-refractivity contribution in [3.8, 4) is 0 Å². The second-order valence-electron chi connectivity index (χ2n) is 9.02. The van der Waals surface area contributed by atoms with Crippen molar-refractivity contribution < 1.29 is 13.2 Å². The van der Waals surface area contributed by atoms with Gasteiger partial charge in [-0.15, -0.1) is 22.6 Å². The number of aryl methyl sites for hydroxylation is 1. The minimum Gasteiger partial charge on any atom is -0.354 e. The summed E-state index contributed by atoms with van der Waals surface area (Å²) < 4.78 is 42.2. The number of hydrogen-bond donors (Lipinski definition) is 0. The second kappa shape index (κ2) is 11.2. The summed E-state index contributed by atoms with van der Waals surface area (Å²) in [4.78, 5) is 12.5. The molecule has 0 bridgehead atoms. The Morgan fingerprint density at radius 3 is 2.24 bits per heavy atom. The molecule has 3 heterocycles. The standard InChI is InChI=1S/C21H32F3N7S.ClH/c1-6-16-27-28-19(29(16)5)32-13-7-8-30-9-11-31(12-10-30)17-14-15(21(22,23)24)25-18(26-17)20(2,3)4;/h14H,6-13H2,1-5H3;1H. The van der Waals surface area contributed by atoms with Gasteiger partial charge in [0.1, 0.15) is 23.2 Å². The SMILES string of the molecule is CCc1nnc(SCCCN2CCN(c3cc(C(F)(F)F)nc(C(C)(C)C)n3)CC2)n1C.Cl. The van der Waals surface area contributed by atoms with E-state index in [0.29, 0.717) is 18.9 Å². The first-order chi connectivity index (χ1) is 15.0. The maximum absolute atomic E-state index is 13.4. The molecule has 186 valence electrons. The van der Waals surface area contributed by atoms with Crippen molar-refractivity contribution in [3.05, 3.63) is 23.4 Å². The Labute approximate surface area is 204 Å². The van der Waals surface area contributed by atoms with Gasteiger partial charge in [-0.2, -0.15) is 13.2 Å². The van der Waals surface area contributed by atoms with Gasteiger partial charge in [0.2, 0.25) is 0 Å². The predicted molar refractivity (Wildman–Crippen MR) is 127 cm³/mol. The molecule has 2 aromatic rings. The number of thioether (sulfide) groups is 1. The Kier molecular flexibility index (Phi) is 9.41. The highest BCUT2D eigenvalue weighted by Crippen LogP contribution is 2.32. The lowest BCUT2D eigenvalue weighted by molar-refractivity contribution is -0.141. The fourth-order valence-corrected chi connectivity index (χ4v) is 4.36. The Morgan fingerprint density at radius 1 is 1.03 bits per heavy atom. The molecule has 1 aliphatic heterocycles. The number of alkyl halides is 3. The molecule has 0 radical (unpaired) electrons. The van der Waals surface area contributed by atoms with E-state index in [9.17, 15) is 13.2 Å². The van der Waals surface area contributed by atoms with Gasteiger partial charge >= 0.3 is 6.18 Å². The van der Waals surface area contributed by atoms with Crippen molar-refractivity contribution in [2.24, 2.45) is 7.05 Å². The average molecular weight is 508 g/mol. The van der Waals surface area contributed by atoms with Gasteiger partial charge in [0.25, 0.3) is 0 Å². The Balaban J connectivity index is 0.00000385. The van der Waals surface area contributed by atoms with Gasteiger partial charge in [-0.1, -0.05) is 39.5 Å². The van der Waals surface area contributed by atoms with Crippen molar-refractivity contribution in [2.75, 3.05) is 43.4 Å². The molecular weight excluding hydrogens is 475 g/mol. The Morgan fingerprint density at radius 2 is 1.70 bits per heavy atom. The third kappa shape index (κ3) is 7.19.